The maximum Gasteiger partial charge on any atom is 0.179 e. The first-order chi connectivity index (χ1) is 9.29. The molecule has 2 aliphatic rings. The zero-order valence-corrected chi connectivity index (χ0v) is 13.0. The standard InChI is InChI=1S/C17H23NO.ClH/c1-2-5-16(18-10-3-4-11-18)17(19)15-9-7-13-6-8-14(13)12-15;/h7,9,12,16H,2-6,8,10-11H2,1H3;1H. The average molecular weight is 294 g/mol. The first-order valence-corrected chi connectivity index (χ1v) is 7.69. The van der Waals surface area contributed by atoms with E-state index in [-0.39, 0.29) is 18.4 Å². The number of carbonyl (C=O) groups excluding carboxylic acids is 1. The highest BCUT2D eigenvalue weighted by atomic mass is 35.5. The minimum atomic E-state index is 0. The van der Waals surface area contributed by atoms with Crippen molar-refractivity contribution in [3.8, 4) is 0 Å². The van der Waals surface area contributed by atoms with Crippen LogP contribution in [0.4, 0.5) is 0 Å². The lowest BCUT2D eigenvalue weighted by Crippen LogP contribution is -2.39. The molecule has 1 fully saturated rings. The molecule has 0 bridgehead atoms. The van der Waals surface area contributed by atoms with Crippen LogP contribution in [0.1, 0.15) is 54.1 Å². The highest BCUT2D eigenvalue weighted by Gasteiger charge is 2.28. The molecule has 0 N–H and O–H groups in total. The van der Waals surface area contributed by atoms with Crippen LogP contribution in [-0.4, -0.2) is 29.8 Å². The molecule has 1 atom stereocenters. The van der Waals surface area contributed by atoms with Crippen LogP contribution in [-0.2, 0) is 12.8 Å². The van der Waals surface area contributed by atoms with E-state index in [1.54, 1.807) is 0 Å². The molecule has 1 saturated heterocycles. The number of fused-ring (bicyclic) bond motifs is 1. The summed E-state index contributed by atoms with van der Waals surface area (Å²) in [5.74, 6) is 0.346. The summed E-state index contributed by atoms with van der Waals surface area (Å²) in [5, 5.41) is 0. The third-order valence-electron chi connectivity index (χ3n) is 4.60. The molecule has 1 aromatic carbocycles. The van der Waals surface area contributed by atoms with Gasteiger partial charge >= 0.3 is 0 Å². The third kappa shape index (κ3) is 2.91. The van der Waals surface area contributed by atoms with Crippen LogP contribution in [0.3, 0.4) is 0 Å². The van der Waals surface area contributed by atoms with Crippen LogP contribution in [0, 0.1) is 0 Å². The number of likely N-dealkylation sites (tertiary alicyclic amines) is 1. The van der Waals surface area contributed by atoms with E-state index in [9.17, 15) is 4.79 Å². The molecule has 110 valence electrons. The van der Waals surface area contributed by atoms with Gasteiger partial charge in [0.1, 0.15) is 0 Å². The lowest BCUT2D eigenvalue weighted by molar-refractivity contribution is 0.0837. The summed E-state index contributed by atoms with van der Waals surface area (Å²) in [6.45, 7) is 4.37. The highest BCUT2D eigenvalue weighted by Crippen LogP contribution is 2.26. The molecule has 1 heterocycles. The van der Waals surface area contributed by atoms with Crippen molar-refractivity contribution in [2.75, 3.05) is 13.1 Å². The van der Waals surface area contributed by atoms with Gasteiger partial charge in [-0.05, 0) is 62.4 Å². The second kappa shape index (κ2) is 6.73. The Balaban J connectivity index is 0.00000147. The van der Waals surface area contributed by atoms with Gasteiger partial charge in [-0.15, -0.1) is 12.4 Å². The first kappa shape index (κ1) is 15.5. The van der Waals surface area contributed by atoms with Gasteiger partial charge in [0.25, 0.3) is 0 Å². The minimum absolute atomic E-state index is 0. The lowest BCUT2D eigenvalue weighted by Gasteiger charge is -2.27. The topological polar surface area (TPSA) is 20.3 Å². The number of halogens is 1. The van der Waals surface area contributed by atoms with Crippen molar-refractivity contribution in [3.05, 3.63) is 34.9 Å². The average Bonchev–Trinajstić information content (AvgIpc) is 2.90. The predicted molar refractivity (Wildman–Crippen MR) is 84.9 cm³/mol. The first-order valence-electron chi connectivity index (χ1n) is 7.69. The maximum absolute atomic E-state index is 12.8. The lowest BCUT2D eigenvalue weighted by atomic mass is 9.85. The number of ketones is 1. The Bertz CT molecular complexity index is 480. The summed E-state index contributed by atoms with van der Waals surface area (Å²) in [6, 6.07) is 6.45. The van der Waals surface area contributed by atoms with Crippen LogP contribution in [0.2, 0.25) is 0 Å². The van der Waals surface area contributed by atoms with Gasteiger partial charge < -0.3 is 0 Å². The van der Waals surface area contributed by atoms with E-state index < -0.39 is 0 Å². The SMILES string of the molecule is CCCC(C(=O)c1ccc2c(c1)CC2)N1CCCC1.Cl. The number of Topliss-reactive ketones (excluding diaryl/α,β-unsaturated/α-hetero) is 1. The van der Waals surface area contributed by atoms with E-state index in [1.165, 1.54) is 30.4 Å². The molecular weight excluding hydrogens is 270 g/mol. The summed E-state index contributed by atoms with van der Waals surface area (Å²) in [6.07, 6.45) is 6.91. The molecular formula is C17H24ClNO. The summed E-state index contributed by atoms with van der Waals surface area (Å²) in [4.78, 5) is 15.2. The Morgan fingerprint density at radius 2 is 1.90 bits per heavy atom. The van der Waals surface area contributed by atoms with Gasteiger partial charge in [0, 0.05) is 5.56 Å². The second-order valence-corrected chi connectivity index (χ2v) is 5.90. The number of benzene rings is 1. The summed E-state index contributed by atoms with van der Waals surface area (Å²) >= 11 is 0. The minimum Gasteiger partial charge on any atom is -0.293 e. The fourth-order valence-corrected chi connectivity index (χ4v) is 3.35. The molecule has 3 rings (SSSR count). The Morgan fingerprint density at radius 1 is 1.20 bits per heavy atom. The van der Waals surface area contributed by atoms with Gasteiger partial charge in [-0.1, -0.05) is 25.5 Å². The molecule has 0 radical (unpaired) electrons. The molecule has 20 heavy (non-hydrogen) atoms. The largest absolute Gasteiger partial charge is 0.293 e. The molecule has 1 unspecified atom stereocenters. The Kier molecular flexibility index (Phi) is 5.22. The fraction of sp³-hybridized carbons (Fsp3) is 0.588. The van der Waals surface area contributed by atoms with E-state index in [2.05, 4.69) is 24.0 Å². The van der Waals surface area contributed by atoms with Crippen molar-refractivity contribution in [2.24, 2.45) is 0 Å². The van der Waals surface area contributed by atoms with Crippen molar-refractivity contribution < 1.29 is 4.79 Å². The number of nitrogens with zero attached hydrogens (tertiary/aromatic N) is 1. The summed E-state index contributed by atoms with van der Waals surface area (Å²) in [5.41, 5.74) is 3.76. The number of hydrogen-bond donors (Lipinski definition) is 0. The monoisotopic (exact) mass is 293 g/mol. The molecule has 0 aromatic heterocycles. The van der Waals surface area contributed by atoms with Crippen LogP contribution in [0.25, 0.3) is 0 Å². The fourth-order valence-electron chi connectivity index (χ4n) is 3.35. The molecule has 1 aromatic rings. The summed E-state index contributed by atoms with van der Waals surface area (Å²) in [7, 11) is 0. The quantitative estimate of drug-likeness (QED) is 0.772. The van der Waals surface area contributed by atoms with E-state index in [0.717, 1.165) is 37.9 Å². The van der Waals surface area contributed by atoms with E-state index in [0.29, 0.717) is 5.78 Å². The van der Waals surface area contributed by atoms with E-state index in [4.69, 9.17) is 0 Å². The third-order valence-corrected chi connectivity index (χ3v) is 4.60. The molecule has 0 amide bonds. The van der Waals surface area contributed by atoms with Gasteiger partial charge in [-0.2, -0.15) is 0 Å². The van der Waals surface area contributed by atoms with Gasteiger partial charge in [0.15, 0.2) is 5.78 Å². The van der Waals surface area contributed by atoms with Crippen molar-refractivity contribution in [3.63, 3.8) is 0 Å². The molecule has 3 heteroatoms. The van der Waals surface area contributed by atoms with Gasteiger partial charge in [0.05, 0.1) is 6.04 Å². The Hall–Kier alpha value is -0.860. The number of aryl methyl sites for hydroxylation is 2. The summed E-state index contributed by atoms with van der Waals surface area (Å²) < 4.78 is 0. The predicted octanol–water partition coefficient (Wildman–Crippen LogP) is 3.65. The zero-order chi connectivity index (χ0) is 13.2. The van der Waals surface area contributed by atoms with Gasteiger partial charge in [-0.3, -0.25) is 9.69 Å². The van der Waals surface area contributed by atoms with Crippen LogP contribution < -0.4 is 0 Å². The number of rotatable bonds is 5. The number of hydrogen-bond acceptors (Lipinski definition) is 2. The van der Waals surface area contributed by atoms with Gasteiger partial charge in [0.2, 0.25) is 0 Å². The van der Waals surface area contributed by atoms with Crippen LogP contribution in [0.15, 0.2) is 18.2 Å². The van der Waals surface area contributed by atoms with E-state index in [1.807, 2.05) is 6.07 Å². The molecule has 0 saturated carbocycles. The second-order valence-electron chi connectivity index (χ2n) is 5.90. The molecule has 1 aliphatic heterocycles. The van der Waals surface area contributed by atoms with Crippen molar-refractivity contribution in [1.29, 1.82) is 0 Å². The van der Waals surface area contributed by atoms with Crippen molar-refractivity contribution in [1.82, 2.24) is 4.90 Å². The number of carbonyl (C=O) groups is 1. The normalized spacial score (nSPS) is 18.9. The van der Waals surface area contributed by atoms with Gasteiger partial charge in [-0.25, -0.2) is 0 Å². The Morgan fingerprint density at radius 3 is 2.45 bits per heavy atom. The molecule has 1 aliphatic carbocycles. The Labute approximate surface area is 128 Å². The smallest absolute Gasteiger partial charge is 0.179 e. The van der Waals surface area contributed by atoms with Crippen LogP contribution in [0.5, 0.6) is 0 Å². The molecule has 0 spiro atoms. The van der Waals surface area contributed by atoms with Crippen molar-refractivity contribution >= 4 is 18.2 Å². The maximum atomic E-state index is 12.8. The van der Waals surface area contributed by atoms with Crippen LogP contribution >= 0.6 is 12.4 Å². The van der Waals surface area contributed by atoms with Crippen molar-refractivity contribution in [2.45, 2.75) is 51.5 Å². The zero-order valence-electron chi connectivity index (χ0n) is 12.2. The highest BCUT2D eigenvalue weighted by molar-refractivity contribution is 6.00. The van der Waals surface area contributed by atoms with E-state index >= 15 is 0 Å². The molecule has 2 nitrogen and oxygen atoms in total.